The number of rotatable bonds is 6. The number of carbonyl (C=O) groups is 1. The van der Waals surface area contributed by atoms with Gasteiger partial charge in [0.15, 0.2) is 5.16 Å². The highest BCUT2D eigenvalue weighted by atomic mass is 79.9. The van der Waals surface area contributed by atoms with Crippen molar-refractivity contribution < 1.29 is 9.53 Å². The number of benzene rings is 2. The van der Waals surface area contributed by atoms with Crippen molar-refractivity contribution in [2.75, 3.05) is 18.2 Å². The topological polar surface area (TPSA) is 90.5 Å². The Hall–Kier alpha value is -3.11. The highest BCUT2D eigenvalue weighted by Crippen LogP contribution is 2.19. The van der Waals surface area contributed by atoms with Crippen molar-refractivity contribution in [3.8, 4) is 11.4 Å². The number of methoxy groups -OCH3 is 1. The normalized spacial score (nSPS) is 10.9. The molecule has 1 N–H and O–H groups in total. The van der Waals surface area contributed by atoms with Crippen molar-refractivity contribution in [2.45, 2.75) is 5.16 Å². The summed E-state index contributed by atoms with van der Waals surface area (Å²) >= 11 is 4.58. The van der Waals surface area contributed by atoms with Crippen molar-refractivity contribution in [1.82, 2.24) is 19.2 Å². The van der Waals surface area contributed by atoms with Gasteiger partial charge in [0.25, 0.3) is 0 Å². The van der Waals surface area contributed by atoms with E-state index in [9.17, 15) is 9.59 Å². The number of carbonyl (C=O) groups excluding carboxylic acids is 1. The van der Waals surface area contributed by atoms with Crippen LogP contribution in [0.1, 0.15) is 0 Å². The number of amides is 1. The molecule has 0 saturated heterocycles. The maximum Gasteiger partial charge on any atom is 0.300 e. The molecule has 10 heteroatoms. The summed E-state index contributed by atoms with van der Waals surface area (Å²) in [5, 5.41) is 11.3. The highest BCUT2D eigenvalue weighted by molar-refractivity contribution is 9.10. The molecule has 0 aliphatic rings. The molecular formula is C20H16BrN5O3S. The van der Waals surface area contributed by atoms with Crippen LogP contribution in [0.3, 0.4) is 0 Å². The Bertz CT molecular complexity index is 1250. The molecule has 8 nitrogen and oxygen atoms in total. The molecule has 1 amide bonds. The molecule has 0 aliphatic heterocycles. The van der Waals surface area contributed by atoms with Crippen LogP contribution in [-0.2, 0) is 4.79 Å². The molecule has 0 bridgehead atoms. The number of thioether (sulfide) groups is 1. The zero-order chi connectivity index (χ0) is 21.1. The third-order valence-corrected chi connectivity index (χ3v) is 5.72. The average molecular weight is 486 g/mol. The molecule has 2 aromatic heterocycles. The summed E-state index contributed by atoms with van der Waals surface area (Å²) in [7, 11) is 1.58. The average Bonchev–Trinajstić information content (AvgIpc) is 3.18. The first-order valence-corrected chi connectivity index (χ1v) is 10.6. The molecule has 152 valence electrons. The standard InChI is InChI=1S/C20H16BrN5O3S/c1-29-16-8-4-14(5-9-16)22-17(27)12-30-20-24-23-18-19(28)25(10-11-26(18)20)15-6-2-13(21)3-7-15/h2-11H,12H2,1H3,(H,22,27). The number of aromatic nitrogens is 4. The van der Waals surface area contributed by atoms with Gasteiger partial charge in [-0.1, -0.05) is 27.7 Å². The third kappa shape index (κ3) is 4.24. The lowest BCUT2D eigenvalue weighted by molar-refractivity contribution is -0.113. The molecule has 4 rings (SSSR count). The lowest BCUT2D eigenvalue weighted by Gasteiger charge is -2.07. The number of halogens is 1. The molecule has 0 atom stereocenters. The molecule has 2 heterocycles. The van der Waals surface area contributed by atoms with Gasteiger partial charge in [0.05, 0.1) is 12.9 Å². The van der Waals surface area contributed by atoms with E-state index in [0.717, 1.165) is 10.2 Å². The first-order valence-electron chi connectivity index (χ1n) is 8.84. The molecule has 4 aromatic rings. The van der Waals surface area contributed by atoms with Crippen molar-refractivity contribution >= 4 is 44.9 Å². The Labute approximate surface area is 184 Å². The Morgan fingerprint density at radius 3 is 2.53 bits per heavy atom. The monoisotopic (exact) mass is 485 g/mol. The Kier molecular flexibility index (Phi) is 5.86. The minimum Gasteiger partial charge on any atom is -0.497 e. The summed E-state index contributed by atoms with van der Waals surface area (Å²) in [4.78, 5) is 25.0. The third-order valence-electron chi connectivity index (χ3n) is 4.25. The number of hydrogen-bond acceptors (Lipinski definition) is 6. The van der Waals surface area contributed by atoms with Gasteiger partial charge in [-0.3, -0.25) is 18.6 Å². The first-order chi connectivity index (χ1) is 14.5. The van der Waals surface area contributed by atoms with E-state index in [4.69, 9.17) is 4.74 Å². The van der Waals surface area contributed by atoms with E-state index in [1.165, 1.54) is 16.3 Å². The Morgan fingerprint density at radius 1 is 1.10 bits per heavy atom. The maximum absolute atomic E-state index is 12.8. The minimum absolute atomic E-state index is 0.128. The first kappa shape index (κ1) is 20.2. The van der Waals surface area contributed by atoms with Gasteiger partial charge >= 0.3 is 5.56 Å². The SMILES string of the molecule is COc1ccc(NC(=O)CSc2nnc3c(=O)n(-c4ccc(Br)cc4)ccn23)cc1. The summed E-state index contributed by atoms with van der Waals surface area (Å²) in [6, 6.07) is 14.4. The zero-order valence-electron chi connectivity index (χ0n) is 15.8. The van der Waals surface area contributed by atoms with Crippen LogP contribution in [-0.4, -0.2) is 37.9 Å². The molecule has 30 heavy (non-hydrogen) atoms. The number of nitrogens with zero attached hydrogens (tertiary/aromatic N) is 4. The summed E-state index contributed by atoms with van der Waals surface area (Å²) in [5.74, 6) is 0.652. The second-order valence-electron chi connectivity index (χ2n) is 6.19. The molecule has 0 unspecified atom stereocenters. The van der Waals surface area contributed by atoms with Crippen molar-refractivity contribution in [3.05, 3.63) is 75.8 Å². The number of nitrogens with one attached hydrogen (secondary N) is 1. The Balaban J connectivity index is 1.48. The molecule has 0 saturated carbocycles. The summed E-state index contributed by atoms with van der Waals surface area (Å²) in [6.07, 6.45) is 3.37. The van der Waals surface area contributed by atoms with Crippen molar-refractivity contribution in [3.63, 3.8) is 0 Å². The van der Waals surface area contributed by atoms with Crippen LogP contribution in [0.25, 0.3) is 11.3 Å². The summed E-state index contributed by atoms with van der Waals surface area (Å²) in [6.45, 7) is 0. The second-order valence-corrected chi connectivity index (χ2v) is 8.05. The fourth-order valence-corrected chi connectivity index (χ4v) is 3.75. The van der Waals surface area contributed by atoms with Crippen LogP contribution in [0, 0.1) is 0 Å². The highest BCUT2D eigenvalue weighted by Gasteiger charge is 2.13. The van der Waals surface area contributed by atoms with Gasteiger partial charge in [-0.05, 0) is 48.5 Å². The predicted molar refractivity (Wildman–Crippen MR) is 119 cm³/mol. The van der Waals surface area contributed by atoms with E-state index in [0.29, 0.717) is 16.6 Å². The van der Waals surface area contributed by atoms with E-state index in [1.807, 2.05) is 24.3 Å². The smallest absolute Gasteiger partial charge is 0.300 e. The fraction of sp³-hybridized carbons (Fsp3) is 0.100. The van der Waals surface area contributed by atoms with Crippen LogP contribution in [0.4, 0.5) is 5.69 Å². The maximum atomic E-state index is 12.8. The lowest BCUT2D eigenvalue weighted by atomic mass is 10.3. The van der Waals surface area contributed by atoms with Crippen LogP contribution in [0.15, 0.2) is 75.3 Å². The van der Waals surface area contributed by atoms with Crippen molar-refractivity contribution in [2.24, 2.45) is 0 Å². The van der Waals surface area contributed by atoms with Gasteiger partial charge < -0.3 is 10.1 Å². The van der Waals surface area contributed by atoms with Gasteiger partial charge in [-0.2, -0.15) is 0 Å². The van der Waals surface area contributed by atoms with Crippen LogP contribution < -0.4 is 15.6 Å². The molecule has 0 fully saturated rings. The van der Waals surface area contributed by atoms with E-state index < -0.39 is 0 Å². The molecule has 0 spiro atoms. The number of fused-ring (bicyclic) bond motifs is 1. The minimum atomic E-state index is -0.290. The van der Waals surface area contributed by atoms with Gasteiger partial charge in [0.2, 0.25) is 11.6 Å². The van der Waals surface area contributed by atoms with Gasteiger partial charge in [0, 0.05) is 28.2 Å². The summed E-state index contributed by atoms with van der Waals surface area (Å²) in [5.41, 5.74) is 1.30. The second kappa shape index (κ2) is 8.72. The van der Waals surface area contributed by atoms with E-state index in [1.54, 1.807) is 48.2 Å². The number of hydrogen-bond donors (Lipinski definition) is 1. The van der Waals surface area contributed by atoms with Crippen LogP contribution in [0.5, 0.6) is 5.75 Å². The van der Waals surface area contributed by atoms with Crippen LogP contribution >= 0.6 is 27.7 Å². The number of ether oxygens (including phenoxy) is 1. The van der Waals surface area contributed by atoms with Gasteiger partial charge in [0.1, 0.15) is 5.75 Å². The largest absolute Gasteiger partial charge is 0.497 e. The molecule has 2 aromatic carbocycles. The zero-order valence-corrected chi connectivity index (χ0v) is 18.2. The Morgan fingerprint density at radius 2 is 1.83 bits per heavy atom. The van der Waals surface area contributed by atoms with Crippen LogP contribution in [0.2, 0.25) is 0 Å². The van der Waals surface area contributed by atoms with E-state index in [2.05, 4.69) is 31.4 Å². The molecule has 0 radical (unpaired) electrons. The van der Waals surface area contributed by atoms with E-state index >= 15 is 0 Å². The fourth-order valence-electron chi connectivity index (χ4n) is 2.77. The summed E-state index contributed by atoms with van der Waals surface area (Å²) < 4.78 is 9.11. The van der Waals surface area contributed by atoms with E-state index in [-0.39, 0.29) is 22.9 Å². The van der Waals surface area contributed by atoms with Gasteiger partial charge in [-0.25, -0.2) is 0 Å². The molecule has 0 aliphatic carbocycles. The van der Waals surface area contributed by atoms with Gasteiger partial charge in [-0.15, -0.1) is 10.2 Å². The quantitative estimate of drug-likeness (QED) is 0.421. The van der Waals surface area contributed by atoms with Crippen molar-refractivity contribution in [1.29, 1.82) is 0 Å². The predicted octanol–water partition coefficient (Wildman–Crippen LogP) is 3.38. The number of anilines is 1. The lowest BCUT2D eigenvalue weighted by Crippen LogP contribution is -2.20. The molecular weight excluding hydrogens is 470 g/mol.